The van der Waals surface area contributed by atoms with Crippen molar-refractivity contribution in [3.05, 3.63) is 63.7 Å². The van der Waals surface area contributed by atoms with Crippen molar-refractivity contribution in [1.82, 2.24) is 14.9 Å². The van der Waals surface area contributed by atoms with Crippen LogP contribution in [0, 0.1) is 0 Å². The van der Waals surface area contributed by atoms with Crippen molar-refractivity contribution in [3.8, 4) is 11.5 Å². The zero-order valence-corrected chi connectivity index (χ0v) is 18.8. The maximum Gasteiger partial charge on any atom is 0.261 e. The zero-order valence-electron chi connectivity index (χ0n) is 18.8. The SMILES string of the molecule is COc1ccc(OC)c([C@@H](C)NC(=O)c2ccc3c(=O)n4c(nc3c2)CCCCCC4)c1. The molecule has 2 aromatic carbocycles. The normalized spacial score (nSPS) is 14.7. The fourth-order valence-corrected chi connectivity index (χ4v) is 4.27. The molecule has 0 unspecified atom stereocenters. The second-order valence-corrected chi connectivity index (χ2v) is 8.18. The molecule has 0 saturated heterocycles. The molecule has 0 bridgehead atoms. The third-order valence-electron chi connectivity index (χ3n) is 6.08. The molecule has 7 nitrogen and oxygen atoms in total. The van der Waals surface area contributed by atoms with Crippen LogP contribution in [-0.4, -0.2) is 29.7 Å². The Hall–Kier alpha value is -3.35. The van der Waals surface area contributed by atoms with E-state index in [1.165, 1.54) is 0 Å². The van der Waals surface area contributed by atoms with E-state index in [0.717, 1.165) is 43.5 Å². The number of carbonyl (C=O) groups is 1. The molecule has 2 heterocycles. The molecule has 4 rings (SSSR count). The van der Waals surface area contributed by atoms with Crippen LogP contribution in [0.25, 0.3) is 10.9 Å². The Bertz CT molecular complexity index is 1200. The van der Waals surface area contributed by atoms with Gasteiger partial charge in [0.15, 0.2) is 0 Å². The van der Waals surface area contributed by atoms with Gasteiger partial charge in [0.25, 0.3) is 11.5 Å². The van der Waals surface area contributed by atoms with E-state index in [0.29, 0.717) is 34.5 Å². The molecule has 3 aromatic rings. The van der Waals surface area contributed by atoms with Gasteiger partial charge in [-0.05, 0) is 56.2 Å². The van der Waals surface area contributed by atoms with Crippen LogP contribution in [0.1, 0.15) is 60.4 Å². The number of benzene rings is 2. The first-order valence-electron chi connectivity index (χ1n) is 11.1. The lowest BCUT2D eigenvalue weighted by Gasteiger charge is -2.19. The van der Waals surface area contributed by atoms with Crippen LogP contribution in [0.5, 0.6) is 11.5 Å². The maximum atomic E-state index is 13.0. The Morgan fingerprint density at radius 3 is 2.66 bits per heavy atom. The largest absolute Gasteiger partial charge is 0.497 e. The summed E-state index contributed by atoms with van der Waals surface area (Å²) in [6.45, 7) is 2.60. The highest BCUT2D eigenvalue weighted by Crippen LogP contribution is 2.29. The quantitative estimate of drug-likeness (QED) is 0.655. The van der Waals surface area contributed by atoms with Crippen LogP contribution in [0.2, 0.25) is 0 Å². The minimum atomic E-state index is -0.308. The maximum absolute atomic E-state index is 13.0. The number of amides is 1. The molecular weight excluding hydrogens is 406 g/mol. The van der Waals surface area contributed by atoms with Gasteiger partial charge >= 0.3 is 0 Å². The highest BCUT2D eigenvalue weighted by Gasteiger charge is 2.18. The number of aromatic nitrogens is 2. The minimum absolute atomic E-state index is 0.0201. The van der Waals surface area contributed by atoms with Crippen LogP contribution in [0.15, 0.2) is 41.2 Å². The van der Waals surface area contributed by atoms with E-state index in [4.69, 9.17) is 14.5 Å². The summed E-state index contributed by atoms with van der Waals surface area (Å²) in [5.74, 6) is 1.94. The van der Waals surface area contributed by atoms with Crippen LogP contribution >= 0.6 is 0 Å². The lowest BCUT2D eigenvalue weighted by Crippen LogP contribution is -2.28. The number of carbonyl (C=O) groups excluding carboxylic acids is 1. The molecule has 0 radical (unpaired) electrons. The lowest BCUT2D eigenvalue weighted by molar-refractivity contribution is 0.0939. The number of ether oxygens (including phenoxy) is 2. The fraction of sp³-hybridized carbons (Fsp3) is 0.400. The van der Waals surface area contributed by atoms with E-state index >= 15 is 0 Å². The molecule has 0 aliphatic carbocycles. The number of aryl methyl sites for hydroxylation is 1. The summed E-state index contributed by atoms with van der Waals surface area (Å²) in [6, 6.07) is 10.3. The summed E-state index contributed by atoms with van der Waals surface area (Å²) in [6.07, 6.45) is 5.10. The lowest BCUT2D eigenvalue weighted by atomic mass is 10.1. The summed E-state index contributed by atoms with van der Waals surface area (Å²) < 4.78 is 12.6. The van der Waals surface area contributed by atoms with Crippen molar-refractivity contribution in [2.24, 2.45) is 0 Å². The molecule has 1 N–H and O–H groups in total. The van der Waals surface area contributed by atoms with E-state index in [1.807, 2.05) is 25.1 Å². The fourth-order valence-electron chi connectivity index (χ4n) is 4.27. The van der Waals surface area contributed by atoms with E-state index in [2.05, 4.69) is 5.32 Å². The van der Waals surface area contributed by atoms with Gasteiger partial charge in [-0.15, -0.1) is 0 Å². The molecule has 7 heteroatoms. The standard InChI is InChI=1S/C25H29N3O4/c1-16(20-15-18(31-2)10-12-22(20)32-3)26-24(29)17-9-11-19-21(14-17)27-23-8-6-4-5-7-13-28(23)25(19)30/h9-12,14-16H,4-8,13H2,1-3H3,(H,26,29)/t16-/m1/s1. The number of fused-ring (bicyclic) bond motifs is 2. The molecular formula is C25H29N3O4. The highest BCUT2D eigenvalue weighted by molar-refractivity contribution is 5.97. The van der Waals surface area contributed by atoms with Crippen LogP contribution in [-0.2, 0) is 13.0 Å². The van der Waals surface area contributed by atoms with Gasteiger partial charge in [0.1, 0.15) is 17.3 Å². The van der Waals surface area contributed by atoms with Gasteiger partial charge in [0, 0.05) is 24.1 Å². The Labute approximate surface area is 187 Å². The third kappa shape index (κ3) is 4.33. The van der Waals surface area contributed by atoms with Crippen LogP contribution < -0.4 is 20.3 Å². The van der Waals surface area contributed by atoms with Gasteiger partial charge < -0.3 is 14.8 Å². The average Bonchev–Trinajstić information content (AvgIpc) is 2.79. The average molecular weight is 436 g/mol. The van der Waals surface area contributed by atoms with Crippen molar-refractivity contribution in [2.45, 2.75) is 51.6 Å². The van der Waals surface area contributed by atoms with Crippen molar-refractivity contribution >= 4 is 16.8 Å². The number of methoxy groups -OCH3 is 2. The molecule has 1 amide bonds. The number of nitrogens with one attached hydrogen (secondary N) is 1. The first-order chi connectivity index (χ1) is 15.5. The van der Waals surface area contributed by atoms with E-state index in [9.17, 15) is 9.59 Å². The van der Waals surface area contributed by atoms with Gasteiger partial charge in [-0.25, -0.2) is 4.98 Å². The molecule has 168 valence electrons. The van der Waals surface area contributed by atoms with Crippen molar-refractivity contribution in [2.75, 3.05) is 14.2 Å². The highest BCUT2D eigenvalue weighted by atomic mass is 16.5. The second kappa shape index (κ2) is 9.42. The summed E-state index contributed by atoms with van der Waals surface area (Å²) in [5, 5.41) is 3.56. The summed E-state index contributed by atoms with van der Waals surface area (Å²) in [7, 11) is 3.19. The van der Waals surface area contributed by atoms with Gasteiger partial charge in [0.2, 0.25) is 0 Å². The van der Waals surface area contributed by atoms with Gasteiger partial charge in [-0.1, -0.05) is 12.8 Å². The monoisotopic (exact) mass is 435 g/mol. The molecule has 0 fully saturated rings. The smallest absolute Gasteiger partial charge is 0.261 e. The number of nitrogens with zero attached hydrogens (tertiary/aromatic N) is 2. The van der Waals surface area contributed by atoms with E-state index in [-0.39, 0.29) is 17.5 Å². The van der Waals surface area contributed by atoms with Crippen molar-refractivity contribution in [3.63, 3.8) is 0 Å². The molecule has 1 aliphatic heterocycles. The van der Waals surface area contributed by atoms with Gasteiger partial charge in [-0.2, -0.15) is 0 Å². The Morgan fingerprint density at radius 1 is 1.06 bits per heavy atom. The van der Waals surface area contributed by atoms with Gasteiger partial charge in [-0.3, -0.25) is 14.2 Å². The summed E-state index contributed by atoms with van der Waals surface area (Å²) >= 11 is 0. The van der Waals surface area contributed by atoms with Crippen molar-refractivity contribution < 1.29 is 14.3 Å². The van der Waals surface area contributed by atoms with Crippen LogP contribution in [0.3, 0.4) is 0 Å². The minimum Gasteiger partial charge on any atom is -0.497 e. The molecule has 0 spiro atoms. The Kier molecular flexibility index (Phi) is 6.44. The number of hydrogen-bond donors (Lipinski definition) is 1. The predicted molar refractivity (Wildman–Crippen MR) is 124 cm³/mol. The molecule has 0 saturated carbocycles. The Morgan fingerprint density at radius 2 is 1.88 bits per heavy atom. The molecule has 1 atom stereocenters. The first kappa shape index (κ1) is 21.9. The van der Waals surface area contributed by atoms with Crippen LogP contribution in [0.4, 0.5) is 0 Å². The summed E-state index contributed by atoms with van der Waals surface area (Å²) in [5.41, 5.74) is 1.84. The first-order valence-corrected chi connectivity index (χ1v) is 11.1. The third-order valence-corrected chi connectivity index (χ3v) is 6.08. The van der Waals surface area contributed by atoms with E-state index in [1.54, 1.807) is 37.0 Å². The summed E-state index contributed by atoms with van der Waals surface area (Å²) in [4.78, 5) is 30.8. The van der Waals surface area contributed by atoms with E-state index < -0.39 is 0 Å². The molecule has 1 aromatic heterocycles. The van der Waals surface area contributed by atoms with Crippen molar-refractivity contribution in [1.29, 1.82) is 0 Å². The number of hydrogen-bond acceptors (Lipinski definition) is 5. The molecule has 32 heavy (non-hydrogen) atoms. The second-order valence-electron chi connectivity index (χ2n) is 8.18. The topological polar surface area (TPSA) is 82.5 Å². The molecule has 1 aliphatic rings. The number of rotatable bonds is 5. The Balaban J connectivity index is 1.63. The zero-order chi connectivity index (χ0) is 22.7. The van der Waals surface area contributed by atoms with Gasteiger partial charge in [0.05, 0.1) is 31.2 Å². The predicted octanol–water partition coefficient (Wildman–Crippen LogP) is 4.02.